The van der Waals surface area contributed by atoms with Crippen LogP contribution < -0.4 is 11.1 Å². The van der Waals surface area contributed by atoms with Crippen LogP contribution in [0.4, 0.5) is 0 Å². The molecule has 72 valence electrons. The summed E-state index contributed by atoms with van der Waals surface area (Å²) in [5.74, 6) is 0.610. The normalized spacial score (nSPS) is 21.6. The maximum atomic E-state index is 6.13. The van der Waals surface area contributed by atoms with Crippen LogP contribution in [0, 0.1) is 5.92 Å². The third-order valence-corrected chi connectivity index (χ3v) is 2.82. The summed E-state index contributed by atoms with van der Waals surface area (Å²) in [6.07, 6.45) is 5.79. The molecule has 0 aliphatic carbocycles. The molecule has 3 N–H and O–H groups in total. The molecule has 3 nitrogen and oxygen atoms in total. The monoisotopic (exact) mass is 180 g/mol. The number of nitrogens with one attached hydrogen (secondary N) is 1. The van der Waals surface area contributed by atoms with Gasteiger partial charge in [0, 0.05) is 11.6 Å². The van der Waals surface area contributed by atoms with Crippen molar-refractivity contribution in [3.63, 3.8) is 0 Å². The van der Waals surface area contributed by atoms with Crippen LogP contribution in [-0.4, -0.2) is 13.1 Å². The van der Waals surface area contributed by atoms with Crippen molar-refractivity contribution in [2.75, 3.05) is 13.1 Å². The van der Waals surface area contributed by atoms with E-state index in [4.69, 9.17) is 10.2 Å². The van der Waals surface area contributed by atoms with Crippen LogP contribution in [0.15, 0.2) is 23.0 Å². The van der Waals surface area contributed by atoms with Gasteiger partial charge >= 0.3 is 0 Å². The van der Waals surface area contributed by atoms with Crippen LogP contribution in [0.5, 0.6) is 0 Å². The Labute approximate surface area is 78.3 Å². The molecule has 13 heavy (non-hydrogen) atoms. The minimum atomic E-state index is 0.154. The zero-order chi connectivity index (χ0) is 9.10. The van der Waals surface area contributed by atoms with E-state index in [9.17, 15) is 0 Å². The second-order valence-corrected chi connectivity index (χ2v) is 3.67. The number of furan rings is 1. The smallest absolute Gasteiger partial charge is 0.0950 e. The molecular weight excluding hydrogens is 164 g/mol. The molecule has 1 aromatic rings. The molecule has 0 spiro atoms. The summed E-state index contributed by atoms with van der Waals surface area (Å²) in [6, 6.07) is 2.12. The fraction of sp³-hybridized carbons (Fsp3) is 0.600. The largest absolute Gasteiger partial charge is 0.472 e. The number of rotatable bonds is 2. The van der Waals surface area contributed by atoms with Crippen molar-refractivity contribution in [2.24, 2.45) is 11.7 Å². The van der Waals surface area contributed by atoms with Gasteiger partial charge in [-0.15, -0.1) is 0 Å². The molecule has 0 amide bonds. The van der Waals surface area contributed by atoms with E-state index in [1.807, 2.05) is 6.07 Å². The summed E-state index contributed by atoms with van der Waals surface area (Å²) >= 11 is 0. The lowest BCUT2D eigenvalue weighted by Gasteiger charge is -2.27. The highest BCUT2D eigenvalue weighted by Crippen LogP contribution is 2.26. The molecule has 1 fully saturated rings. The van der Waals surface area contributed by atoms with Crippen LogP contribution in [0.1, 0.15) is 24.4 Å². The third-order valence-electron chi connectivity index (χ3n) is 2.82. The lowest BCUT2D eigenvalue weighted by atomic mass is 9.88. The van der Waals surface area contributed by atoms with Gasteiger partial charge < -0.3 is 15.5 Å². The molecule has 2 heterocycles. The van der Waals surface area contributed by atoms with Crippen molar-refractivity contribution in [3.05, 3.63) is 24.2 Å². The number of hydrogen-bond acceptors (Lipinski definition) is 3. The highest BCUT2D eigenvalue weighted by atomic mass is 16.3. The number of piperidine rings is 1. The summed E-state index contributed by atoms with van der Waals surface area (Å²) in [4.78, 5) is 0. The van der Waals surface area contributed by atoms with Gasteiger partial charge in [0.15, 0.2) is 0 Å². The average molecular weight is 180 g/mol. The Balaban J connectivity index is 1.99. The van der Waals surface area contributed by atoms with Gasteiger partial charge in [-0.05, 0) is 37.9 Å². The first-order chi connectivity index (χ1) is 6.38. The number of hydrogen-bond donors (Lipinski definition) is 2. The molecule has 1 aliphatic rings. The van der Waals surface area contributed by atoms with Gasteiger partial charge in [-0.25, -0.2) is 0 Å². The van der Waals surface area contributed by atoms with Crippen molar-refractivity contribution < 1.29 is 4.42 Å². The van der Waals surface area contributed by atoms with Crippen molar-refractivity contribution >= 4 is 0 Å². The highest BCUT2D eigenvalue weighted by Gasteiger charge is 2.21. The van der Waals surface area contributed by atoms with E-state index >= 15 is 0 Å². The van der Waals surface area contributed by atoms with E-state index < -0.39 is 0 Å². The Kier molecular flexibility index (Phi) is 2.66. The van der Waals surface area contributed by atoms with Gasteiger partial charge in [-0.3, -0.25) is 0 Å². The molecule has 3 heteroatoms. The van der Waals surface area contributed by atoms with E-state index in [0.29, 0.717) is 5.92 Å². The quantitative estimate of drug-likeness (QED) is 0.720. The Hall–Kier alpha value is -0.800. The van der Waals surface area contributed by atoms with Crippen LogP contribution >= 0.6 is 0 Å². The second kappa shape index (κ2) is 3.94. The van der Waals surface area contributed by atoms with Crippen molar-refractivity contribution in [1.82, 2.24) is 5.32 Å². The van der Waals surface area contributed by atoms with E-state index in [2.05, 4.69) is 5.32 Å². The summed E-state index contributed by atoms with van der Waals surface area (Å²) in [5.41, 5.74) is 7.26. The predicted molar refractivity (Wildman–Crippen MR) is 51.2 cm³/mol. The first kappa shape index (κ1) is 8.78. The zero-order valence-corrected chi connectivity index (χ0v) is 7.70. The molecule has 1 saturated heterocycles. The lowest BCUT2D eigenvalue weighted by molar-refractivity contribution is 0.321. The first-order valence-electron chi connectivity index (χ1n) is 4.86. The van der Waals surface area contributed by atoms with Crippen LogP contribution in [-0.2, 0) is 0 Å². The summed E-state index contributed by atoms with van der Waals surface area (Å²) in [7, 11) is 0. The zero-order valence-electron chi connectivity index (χ0n) is 7.70. The Morgan fingerprint density at radius 2 is 2.23 bits per heavy atom. The minimum Gasteiger partial charge on any atom is -0.472 e. The molecule has 0 saturated carbocycles. The Morgan fingerprint density at radius 3 is 2.85 bits per heavy atom. The maximum absolute atomic E-state index is 6.13. The summed E-state index contributed by atoms with van der Waals surface area (Å²) < 4.78 is 5.03. The van der Waals surface area contributed by atoms with Crippen LogP contribution in [0.3, 0.4) is 0 Å². The molecule has 0 unspecified atom stereocenters. The van der Waals surface area contributed by atoms with Gasteiger partial charge in [0.1, 0.15) is 0 Å². The van der Waals surface area contributed by atoms with Gasteiger partial charge in [0.05, 0.1) is 12.5 Å². The molecular formula is C10H16N2O. The Morgan fingerprint density at radius 1 is 1.46 bits per heavy atom. The van der Waals surface area contributed by atoms with E-state index in [1.54, 1.807) is 12.5 Å². The van der Waals surface area contributed by atoms with Gasteiger partial charge in [-0.1, -0.05) is 0 Å². The summed E-state index contributed by atoms with van der Waals surface area (Å²) in [5, 5.41) is 3.34. The molecule has 2 rings (SSSR count). The molecule has 0 aromatic carbocycles. The minimum absolute atomic E-state index is 0.154. The van der Waals surface area contributed by atoms with Crippen molar-refractivity contribution in [2.45, 2.75) is 18.9 Å². The highest BCUT2D eigenvalue weighted by molar-refractivity contribution is 5.12. The second-order valence-electron chi connectivity index (χ2n) is 3.67. The first-order valence-corrected chi connectivity index (χ1v) is 4.86. The third kappa shape index (κ3) is 1.92. The Bertz CT molecular complexity index is 239. The maximum Gasteiger partial charge on any atom is 0.0950 e. The van der Waals surface area contributed by atoms with E-state index in [0.717, 1.165) is 18.7 Å². The van der Waals surface area contributed by atoms with Crippen molar-refractivity contribution in [1.29, 1.82) is 0 Å². The predicted octanol–water partition coefficient (Wildman–Crippen LogP) is 1.28. The van der Waals surface area contributed by atoms with E-state index in [1.165, 1.54) is 12.8 Å². The molecule has 0 bridgehead atoms. The number of nitrogens with two attached hydrogens (primary N) is 1. The lowest BCUT2D eigenvalue weighted by Crippen LogP contribution is -2.33. The SMILES string of the molecule is N[C@@H](c1ccoc1)C1CCNCC1. The molecule has 1 aromatic heterocycles. The van der Waals surface area contributed by atoms with Gasteiger partial charge in [-0.2, -0.15) is 0 Å². The van der Waals surface area contributed by atoms with Gasteiger partial charge in [0.2, 0.25) is 0 Å². The molecule has 0 radical (unpaired) electrons. The van der Waals surface area contributed by atoms with Crippen LogP contribution in [0.2, 0.25) is 0 Å². The average Bonchev–Trinajstić information content (AvgIpc) is 2.71. The standard InChI is InChI=1S/C10H16N2O/c11-10(9-3-6-13-7-9)8-1-4-12-5-2-8/h3,6-8,10,12H,1-2,4-5,11H2/t10-/m1/s1. The van der Waals surface area contributed by atoms with Crippen molar-refractivity contribution in [3.8, 4) is 0 Å². The topological polar surface area (TPSA) is 51.2 Å². The van der Waals surface area contributed by atoms with Crippen LogP contribution in [0.25, 0.3) is 0 Å². The fourth-order valence-electron chi connectivity index (χ4n) is 1.94. The fourth-order valence-corrected chi connectivity index (χ4v) is 1.94. The molecule has 1 aliphatic heterocycles. The van der Waals surface area contributed by atoms with Gasteiger partial charge in [0.25, 0.3) is 0 Å². The summed E-state index contributed by atoms with van der Waals surface area (Å²) in [6.45, 7) is 2.19. The van der Waals surface area contributed by atoms with E-state index in [-0.39, 0.29) is 6.04 Å². The molecule has 1 atom stereocenters.